The Morgan fingerprint density at radius 2 is 1.84 bits per heavy atom. The summed E-state index contributed by atoms with van der Waals surface area (Å²) >= 11 is 0. The Bertz CT molecular complexity index is 422. The van der Waals surface area contributed by atoms with Crippen molar-refractivity contribution in [1.82, 2.24) is 5.32 Å². The number of nitro groups is 1. The monoisotopic (exact) mass is 262 g/mol. The van der Waals surface area contributed by atoms with Gasteiger partial charge in [-0.1, -0.05) is 31.4 Å². The van der Waals surface area contributed by atoms with E-state index in [9.17, 15) is 10.1 Å². The molecule has 1 aromatic rings. The minimum Gasteiger partial charge on any atom is -0.311 e. The van der Waals surface area contributed by atoms with Crippen LogP contribution < -0.4 is 5.32 Å². The van der Waals surface area contributed by atoms with Crippen LogP contribution in [0, 0.1) is 10.1 Å². The number of benzene rings is 1. The average molecular weight is 262 g/mol. The largest absolute Gasteiger partial charge is 0.311 e. The molecule has 0 atom stereocenters. The van der Waals surface area contributed by atoms with Crippen LogP contribution in [-0.2, 0) is 6.42 Å². The molecular formula is C15H22N2O2. The Balaban J connectivity index is 1.80. The number of hydrogen-bond acceptors (Lipinski definition) is 3. The van der Waals surface area contributed by atoms with Crippen LogP contribution in [-0.4, -0.2) is 17.0 Å². The van der Waals surface area contributed by atoms with Crippen molar-refractivity contribution in [2.45, 2.75) is 51.0 Å². The van der Waals surface area contributed by atoms with Crippen LogP contribution in [0.3, 0.4) is 0 Å². The van der Waals surface area contributed by atoms with E-state index < -0.39 is 0 Å². The van der Waals surface area contributed by atoms with E-state index >= 15 is 0 Å². The topological polar surface area (TPSA) is 55.2 Å². The lowest BCUT2D eigenvalue weighted by molar-refractivity contribution is -0.384. The molecule has 0 spiro atoms. The van der Waals surface area contributed by atoms with E-state index in [0.717, 1.165) is 18.5 Å². The highest BCUT2D eigenvalue weighted by molar-refractivity contribution is 5.32. The van der Waals surface area contributed by atoms with Crippen LogP contribution in [0.1, 0.15) is 44.6 Å². The molecule has 0 saturated heterocycles. The maximum atomic E-state index is 10.6. The van der Waals surface area contributed by atoms with Crippen molar-refractivity contribution in [3.63, 3.8) is 0 Å². The summed E-state index contributed by atoms with van der Waals surface area (Å²) in [6.07, 6.45) is 7.44. The van der Waals surface area contributed by atoms with E-state index in [-0.39, 0.29) is 10.6 Å². The highest BCUT2D eigenvalue weighted by Gasteiger charge is 2.25. The van der Waals surface area contributed by atoms with Crippen LogP contribution in [0.25, 0.3) is 0 Å². The van der Waals surface area contributed by atoms with Crippen LogP contribution in [0.15, 0.2) is 24.3 Å². The summed E-state index contributed by atoms with van der Waals surface area (Å²) in [4.78, 5) is 10.2. The summed E-state index contributed by atoms with van der Waals surface area (Å²) in [6.45, 7) is 3.25. The van der Waals surface area contributed by atoms with Crippen molar-refractivity contribution in [2.24, 2.45) is 0 Å². The fraction of sp³-hybridized carbons (Fsp3) is 0.600. The molecule has 1 aliphatic rings. The predicted molar refractivity (Wildman–Crippen MR) is 76.3 cm³/mol. The third-order valence-corrected chi connectivity index (χ3v) is 4.07. The van der Waals surface area contributed by atoms with E-state index in [1.807, 2.05) is 12.1 Å². The Kier molecular flexibility index (Phi) is 4.53. The van der Waals surface area contributed by atoms with Gasteiger partial charge in [-0.3, -0.25) is 10.1 Å². The minimum absolute atomic E-state index is 0.163. The predicted octanol–water partition coefficient (Wildman–Crippen LogP) is 3.45. The molecule has 1 fully saturated rings. The maximum absolute atomic E-state index is 10.6. The number of non-ortho nitro benzene ring substituents is 1. The lowest BCUT2D eigenvalue weighted by Gasteiger charge is -2.34. The zero-order valence-electron chi connectivity index (χ0n) is 11.5. The zero-order valence-corrected chi connectivity index (χ0v) is 11.5. The molecule has 0 bridgehead atoms. The van der Waals surface area contributed by atoms with Gasteiger partial charge in [0, 0.05) is 17.7 Å². The SMILES string of the molecule is CC1(NCCc2ccc([N+](=O)[O-])cc2)CCCCC1. The summed E-state index contributed by atoms with van der Waals surface area (Å²) < 4.78 is 0. The number of nitro benzene ring substituents is 1. The Labute approximate surface area is 114 Å². The second-order valence-corrected chi connectivity index (χ2v) is 5.72. The molecule has 1 saturated carbocycles. The highest BCUT2D eigenvalue weighted by Crippen LogP contribution is 2.27. The number of rotatable bonds is 5. The van der Waals surface area contributed by atoms with Gasteiger partial charge < -0.3 is 5.32 Å². The molecule has 1 N–H and O–H groups in total. The smallest absolute Gasteiger partial charge is 0.269 e. The maximum Gasteiger partial charge on any atom is 0.269 e. The molecule has 4 nitrogen and oxygen atoms in total. The van der Waals surface area contributed by atoms with Gasteiger partial charge in [0.2, 0.25) is 0 Å². The summed E-state index contributed by atoms with van der Waals surface area (Å²) in [7, 11) is 0. The number of nitrogens with one attached hydrogen (secondary N) is 1. The molecule has 19 heavy (non-hydrogen) atoms. The van der Waals surface area contributed by atoms with Gasteiger partial charge in [0.25, 0.3) is 5.69 Å². The first-order chi connectivity index (χ1) is 9.09. The van der Waals surface area contributed by atoms with E-state index in [4.69, 9.17) is 0 Å². The van der Waals surface area contributed by atoms with Gasteiger partial charge in [-0.05, 0) is 38.3 Å². The highest BCUT2D eigenvalue weighted by atomic mass is 16.6. The van der Waals surface area contributed by atoms with E-state index in [1.54, 1.807) is 12.1 Å². The lowest BCUT2D eigenvalue weighted by Crippen LogP contribution is -2.44. The number of nitrogens with zero attached hydrogens (tertiary/aromatic N) is 1. The molecule has 0 heterocycles. The Hall–Kier alpha value is -1.42. The van der Waals surface area contributed by atoms with Crippen molar-refractivity contribution >= 4 is 5.69 Å². The van der Waals surface area contributed by atoms with Gasteiger partial charge >= 0.3 is 0 Å². The molecule has 0 aliphatic heterocycles. The molecule has 0 aromatic heterocycles. The lowest BCUT2D eigenvalue weighted by atomic mass is 9.83. The summed E-state index contributed by atoms with van der Waals surface area (Å²) in [5, 5.41) is 14.2. The Morgan fingerprint density at radius 1 is 1.21 bits per heavy atom. The zero-order chi connectivity index (χ0) is 13.7. The van der Waals surface area contributed by atoms with Crippen LogP contribution >= 0.6 is 0 Å². The molecule has 4 heteroatoms. The molecule has 1 aromatic carbocycles. The quantitative estimate of drug-likeness (QED) is 0.653. The van der Waals surface area contributed by atoms with Gasteiger partial charge in [-0.15, -0.1) is 0 Å². The number of hydrogen-bond donors (Lipinski definition) is 1. The second-order valence-electron chi connectivity index (χ2n) is 5.72. The molecular weight excluding hydrogens is 240 g/mol. The van der Waals surface area contributed by atoms with Crippen molar-refractivity contribution in [3.05, 3.63) is 39.9 Å². The fourth-order valence-corrected chi connectivity index (χ4v) is 2.80. The van der Waals surface area contributed by atoms with E-state index in [0.29, 0.717) is 5.54 Å². The normalized spacial score (nSPS) is 18.2. The van der Waals surface area contributed by atoms with Crippen LogP contribution in [0.5, 0.6) is 0 Å². The first-order valence-electron chi connectivity index (χ1n) is 7.07. The van der Waals surface area contributed by atoms with Crippen molar-refractivity contribution in [1.29, 1.82) is 0 Å². The van der Waals surface area contributed by atoms with Gasteiger partial charge in [-0.2, -0.15) is 0 Å². The summed E-state index contributed by atoms with van der Waals surface area (Å²) in [6, 6.07) is 6.86. The Morgan fingerprint density at radius 3 is 2.42 bits per heavy atom. The molecule has 0 unspecified atom stereocenters. The second kappa shape index (κ2) is 6.15. The van der Waals surface area contributed by atoms with Gasteiger partial charge in [0.15, 0.2) is 0 Å². The molecule has 0 radical (unpaired) electrons. The van der Waals surface area contributed by atoms with Crippen molar-refractivity contribution < 1.29 is 4.92 Å². The first-order valence-corrected chi connectivity index (χ1v) is 7.07. The molecule has 0 amide bonds. The van der Waals surface area contributed by atoms with Crippen molar-refractivity contribution in [2.75, 3.05) is 6.54 Å². The first kappa shape index (κ1) is 14.0. The molecule has 1 aliphatic carbocycles. The van der Waals surface area contributed by atoms with Crippen LogP contribution in [0.4, 0.5) is 5.69 Å². The average Bonchev–Trinajstić information content (AvgIpc) is 2.40. The van der Waals surface area contributed by atoms with Crippen molar-refractivity contribution in [3.8, 4) is 0 Å². The van der Waals surface area contributed by atoms with Gasteiger partial charge in [0.1, 0.15) is 0 Å². The van der Waals surface area contributed by atoms with E-state index in [1.165, 1.54) is 32.1 Å². The van der Waals surface area contributed by atoms with Gasteiger partial charge in [-0.25, -0.2) is 0 Å². The van der Waals surface area contributed by atoms with Crippen LogP contribution in [0.2, 0.25) is 0 Å². The van der Waals surface area contributed by atoms with E-state index in [2.05, 4.69) is 12.2 Å². The minimum atomic E-state index is -0.356. The van der Waals surface area contributed by atoms with Gasteiger partial charge in [0.05, 0.1) is 4.92 Å². The molecule has 2 rings (SSSR count). The fourth-order valence-electron chi connectivity index (χ4n) is 2.80. The molecule has 104 valence electrons. The third-order valence-electron chi connectivity index (χ3n) is 4.07. The summed E-state index contributed by atoms with van der Waals surface area (Å²) in [5.74, 6) is 0. The summed E-state index contributed by atoms with van der Waals surface area (Å²) in [5.41, 5.74) is 1.60. The standard InChI is InChI=1S/C15H22N2O2/c1-15(10-3-2-4-11-15)16-12-9-13-5-7-14(8-6-13)17(18)19/h5-8,16H,2-4,9-12H2,1H3. The third kappa shape index (κ3) is 4.03.